The van der Waals surface area contributed by atoms with Crippen molar-refractivity contribution in [2.75, 3.05) is 6.61 Å². The van der Waals surface area contributed by atoms with Crippen molar-refractivity contribution < 1.29 is 19.4 Å². The minimum atomic E-state index is -1.86. The maximum Gasteiger partial charge on any atom is 0.207 e. The zero-order valence-electron chi connectivity index (χ0n) is 8.75. The number of carbonyl (C=O) groups is 1. The molecule has 4 nitrogen and oxygen atoms in total. The summed E-state index contributed by atoms with van der Waals surface area (Å²) in [6, 6.07) is -0.672. The van der Waals surface area contributed by atoms with Gasteiger partial charge in [0.05, 0.1) is 18.2 Å². The van der Waals surface area contributed by atoms with Crippen LogP contribution < -0.4 is 5.32 Å². The first kappa shape index (κ1) is 13.3. The summed E-state index contributed by atoms with van der Waals surface area (Å²) in [5.41, 5.74) is -3.37. The normalized spacial score (nSPS) is 18.4. The van der Waals surface area contributed by atoms with E-state index in [-0.39, 0.29) is 13.0 Å². The van der Waals surface area contributed by atoms with Crippen molar-refractivity contribution in [1.82, 2.24) is 5.32 Å². The van der Waals surface area contributed by atoms with Crippen molar-refractivity contribution >= 4 is 6.41 Å². The maximum absolute atomic E-state index is 13.8. The number of aliphatic hydroxyl groups is 2. The highest BCUT2D eigenvalue weighted by molar-refractivity contribution is 5.46. The molecule has 0 bridgehead atoms. The highest BCUT2D eigenvalue weighted by Gasteiger charge is 2.41. The molecular formula is C9H18FNO3. The van der Waals surface area contributed by atoms with E-state index in [2.05, 4.69) is 5.32 Å². The summed E-state index contributed by atoms with van der Waals surface area (Å²) >= 11 is 0. The number of rotatable bonds is 6. The molecule has 0 aliphatic heterocycles. The largest absolute Gasteiger partial charge is 0.394 e. The summed E-state index contributed by atoms with van der Waals surface area (Å²) in [5, 5.41) is 20.6. The predicted molar refractivity (Wildman–Crippen MR) is 50.5 cm³/mol. The molecule has 0 radical (unpaired) electrons. The van der Waals surface area contributed by atoms with E-state index < -0.39 is 17.3 Å². The molecule has 2 atom stereocenters. The molecule has 0 aromatic heterocycles. The molecule has 0 rings (SSSR count). The Bertz CT molecular complexity index is 189. The topological polar surface area (TPSA) is 69.6 Å². The number of nitrogens with one attached hydrogen (secondary N) is 1. The van der Waals surface area contributed by atoms with Crippen LogP contribution in [-0.2, 0) is 4.79 Å². The highest BCUT2D eigenvalue weighted by Crippen LogP contribution is 2.30. The zero-order chi connectivity index (χ0) is 11.4. The number of halogens is 1. The summed E-state index contributed by atoms with van der Waals surface area (Å²) in [5.74, 6) is 0. The molecule has 0 spiro atoms. The first-order valence-corrected chi connectivity index (χ1v) is 4.46. The molecule has 5 heteroatoms. The van der Waals surface area contributed by atoms with E-state index in [1.165, 1.54) is 20.8 Å². The van der Waals surface area contributed by atoms with Crippen molar-refractivity contribution in [2.24, 2.45) is 0 Å². The second-order valence-electron chi connectivity index (χ2n) is 4.12. The van der Waals surface area contributed by atoms with Crippen LogP contribution in [-0.4, -0.2) is 40.5 Å². The summed E-state index contributed by atoms with van der Waals surface area (Å²) in [6.07, 6.45) is 0.271. The van der Waals surface area contributed by atoms with Gasteiger partial charge in [-0.25, -0.2) is 4.39 Å². The molecule has 0 aromatic rings. The molecule has 1 amide bonds. The molecule has 1 unspecified atom stereocenters. The Kier molecular flexibility index (Phi) is 4.48. The lowest BCUT2D eigenvalue weighted by Gasteiger charge is -2.35. The van der Waals surface area contributed by atoms with Crippen LogP contribution in [0.25, 0.3) is 0 Å². The standard InChI is InChI=1S/C9H18FNO3/c1-8(2,14)9(3,10)4-7(5-12)11-6-13/h6-7,12,14H,4-5H2,1-3H3,(H,11,13)/t7-,9?/m0/s1. The lowest BCUT2D eigenvalue weighted by Crippen LogP contribution is -2.49. The van der Waals surface area contributed by atoms with E-state index >= 15 is 0 Å². The van der Waals surface area contributed by atoms with Crippen LogP contribution >= 0.6 is 0 Å². The molecule has 84 valence electrons. The quantitative estimate of drug-likeness (QED) is 0.536. The smallest absolute Gasteiger partial charge is 0.207 e. The molecule has 14 heavy (non-hydrogen) atoms. The monoisotopic (exact) mass is 207 g/mol. The van der Waals surface area contributed by atoms with Crippen LogP contribution in [0.5, 0.6) is 0 Å². The summed E-state index contributed by atoms with van der Waals surface area (Å²) in [4.78, 5) is 10.1. The van der Waals surface area contributed by atoms with E-state index in [0.717, 1.165) is 0 Å². The fourth-order valence-electron chi connectivity index (χ4n) is 0.985. The van der Waals surface area contributed by atoms with Crippen molar-refractivity contribution in [3.63, 3.8) is 0 Å². The molecule has 0 fully saturated rings. The van der Waals surface area contributed by atoms with Gasteiger partial charge in [0.15, 0.2) is 0 Å². The fourth-order valence-corrected chi connectivity index (χ4v) is 0.985. The SMILES string of the molecule is CC(C)(O)C(C)(F)C[C@@H](CO)NC=O. The third-order valence-corrected chi connectivity index (χ3v) is 2.43. The van der Waals surface area contributed by atoms with Crippen molar-refractivity contribution in [2.45, 2.75) is 44.5 Å². The minimum absolute atomic E-state index is 0.133. The van der Waals surface area contributed by atoms with E-state index in [4.69, 9.17) is 5.11 Å². The molecule has 0 heterocycles. The van der Waals surface area contributed by atoms with Crippen molar-refractivity contribution in [3.8, 4) is 0 Å². The van der Waals surface area contributed by atoms with Gasteiger partial charge in [0, 0.05) is 6.42 Å². The highest BCUT2D eigenvalue weighted by atomic mass is 19.1. The predicted octanol–water partition coefficient (Wildman–Crippen LogP) is -0.0175. The molecular weight excluding hydrogens is 189 g/mol. The zero-order valence-corrected chi connectivity index (χ0v) is 8.75. The summed E-state index contributed by atoms with van der Waals surface area (Å²) in [6.45, 7) is 3.58. The summed E-state index contributed by atoms with van der Waals surface area (Å²) in [7, 11) is 0. The first-order valence-electron chi connectivity index (χ1n) is 4.46. The molecule has 0 aliphatic rings. The van der Waals surface area contributed by atoms with Gasteiger partial charge >= 0.3 is 0 Å². The fraction of sp³-hybridized carbons (Fsp3) is 0.889. The molecule has 0 aromatic carbocycles. The number of amides is 1. The van der Waals surface area contributed by atoms with Gasteiger partial charge in [0.25, 0.3) is 0 Å². The van der Waals surface area contributed by atoms with Gasteiger partial charge in [-0.2, -0.15) is 0 Å². The minimum Gasteiger partial charge on any atom is -0.394 e. The van der Waals surface area contributed by atoms with Crippen LogP contribution in [0.15, 0.2) is 0 Å². The summed E-state index contributed by atoms with van der Waals surface area (Å²) < 4.78 is 13.8. The van der Waals surface area contributed by atoms with Crippen LogP contribution in [0, 0.1) is 0 Å². The van der Waals surface area contributed by atoms with Crippen molar-refractivity contribution in [3.05, 3.63) is 0 Å². The van der Waals surface area contributed by atoms with E-state index in [1.807, 2.05) is 0 Å². The third-order valence-electron chi connectivity index (χ3n) is 2.43. The van der Waals surface area contributed by atoms with E-state index in [9.17, 15) is 14.3 Å². The number of carbonyl (C=O) groups excluding carboxylic acids is 1. The van der Waals surface area contributed by atoms with Crippen molar-refractivity contribution in [1.29, 1.82) is 0 Å². The molecule has 0 aliphatic carbocycles. The molecule has 0 saturated heterocycles. The van der Waals surface area contributed by atoms with Gasteiger partial charge in [0.2, 0.25) is 6.41 Å². The second kappa shape index (κ2) is 4.70. The number of aliphatic hydroxyl groups excluding tert-OH is 1. The van der Waals surface area contributed by atoms with Crippen LogP contribution in [0.4, 0.5) is 4.39 Å². The molecule has 0 saturated carbocycles. The number of alkyl halides is 1. The Labute approximate surface area is 83.1 Å². The Morgan fingerprint density at radius 3 is 2.29 bits per heavy atom. The van der Waals surface area contributed by atoms with Gasteiger partial charge in [0.1, 0.15) is 5.67 Å². The number of hydrogen-bond acceptors (Lipinski definition) is 3. The Hall–Kier alpha value is -0.680. The van der Waals surface area contributed by atoms with Gasteiger partial charge in [-0.1, -0.05) is 0 Å². The average molecular weight is 207 g/mol. The Balaban J connectivity index is 4.39. The van der Waals surface area contributed by atoms with Gasteiger partial charge in [-0.15, -0.1) is 0 Å². The average Bonchev–Trinajstić information content (AvgIpc) is 2.01. The van der Waals surface area contributed by atoms with Crippen LogP contribution in [0.2, 0.25) is 0 Å². The lowest BCUT2D eigenvalue weighted by molar-refractivity contribution is -0.112. The second-order valence-corrected chi connectivity index (χ2v) is 4.12. The van der Waals surface area contributed by atoms with E-state index in [1.54, 1.807) is 0 Å². The Morgan fingerprint density at radius 1 is 1.50 bits per heavy atom. The Morgan fingerprint density at radius 2 is 2.00 bits per heavy atom. The van der Waals surface area contributed by atoms with Gasteiger partial charge in [-0.3, -0.25) is 4.79 Å². The first-order chi connectivity index (χ1) is 6.24. The van der Waals surface area contributed by atoms with Gasteiger partial charge < -0.3 is 15.5 Å². The van der Waals surface area contributed by atoms with Crippen LogP contribution in [0.1, 0.15) is 27.2 Å². The maximum atomic E-state index is 13.8. The van der Waals surface area contributed by atoms with Gasteiger partial charge in [-0.05, 0) is 20.8 Å². The number of hydrogen-bond donors (Lipinski definition) is 3. The van der Waals surface area contributed by atoms with E-state index in [0.29, 0.717) is 6.41 Å². The molecule has 3 N–H and O–H groups in total. The lowest BCUT2D eigenvalue weighted by atomic mass is 9.84. The third kappa shape index (κ3) is 3.59. The van der Waals surface area contributed by atoms with Crippen LogP contribution in [0.3, 0.4) is 0 Å².